The summed E-state index contributed by atoms with van der Waals surface area (Å²) in [5.41, 5.74) is 0. The molecule has 1 heterocycles. The first-order valence-electron chi connectivity index (χ1n) is 3.20. The predicted octanol–water partition coefficient (Wildman–Crippen LogP) is 2.01. The maximum Gasteiger partial charge on any atom is 0.371 e. The molecule has 0 bridgehead atoms. The Morgan fingerprint density at radius 1 is 1.64 bits per heavy atom. The molecule has 0 saturated carbocycles. The summed E-state index contributed by atoms with van der Waals surface area (Å²) in [6.45, 7) is 1.84. The van der Waals surface area contributed by atoms with Crippen LogP contribution in [0.15, 0.2) is 22.6 Å². The normalized spacial score (nSPS) is 10.6. The number of rotatable bonds is 2. The molecule has 0 aliphatic carbocycles. The maximum atomic E-state index is 10.3. The monoisotopic (exact) mass is 152 g/mol. The Labute approximate surface area is 64.0 Å². The molecule has 0 radical (unpaired) electrons. The molecule has 11 heavy (non-hydrogen) atoms. The molecule has 1 rings (SSSR count). The summed E-state index contributed by atoms with van der Waals surface area (Å²) >= 11 is 0. The molecule has 0 fully saturated rings. The number of carboxylic acids is 1. The van der Waals surface area contributed by atoms with Crippen LogP contribution >= 0.6 is 0 Å². The molecule has 0 aliphatic heterocycles. The minimum absolute atomic E-state index is 0.0295. The predicted molar refractivity (Wildman–Crippen MR) is 40.4 cm³/mol. The van der Waals surface area contributed by atoms with Gasteiger partial charge in [0.1, 0.15) is 5.76 Å². The van der Waals surface area contributed by atoms with Crippen LogP contribution in [0.2, 0.25) is 0 Å². The zero-order valence-electron chi connectivity index (χ0n) is 6.07. The van der Waals surface area contributed by atoms with Crippen LogP contribution in [-0.4, -0.2) is 11.1 Å². The Kier molecular flexibility index (Phi) is 2.11. The highest BCUT2D eigenvalue weighted by atomic mass is 16.4. The van der Waals surface area contributed by atoms with Crippen LogP contribution in [0.3, 0.4) is 0 Å². The fraction of sp³-hybridized carbons (Fsp3) is 0.125. The van der Waals surface area contributed by atoms with E-state index < -0.39 is 5.97 Å². The zero-order chi connectivity index (χ0) is 8.27. The molecule has 1 aromatic heterocycles. The molecule has 0 aromatic carbocycles. The smallest absolute Gasteiger partial charge is 0.371 e. The molecule has 3 nitrogen and oxygen atoms in total. The van der Waals surface area contributed by atoms with Crippen molar-refractivity contribution in [2.45, 2.75) is 6.92 Å². The molecule has 58 valence electrons. The third-order valence-electron chi connectivity index (χ3n) is 1.17. The van der Waals surface area contributed by atoms with E-state index in [1.54, 1.807) is 18.2 Å². The highest BCUT2D eigenvalue weighted by Crippen LogP contribution is 2.08. The quantitative estimate of drug-likeness (QED) is 0.705. The van der Waals surface area contributed by atoms with Gasteiger partial charge in [0.2, 0.25) is 5.76 Å². The third kappa shape index (κ3) is 1.70. The third-order valence-corrected chi connectivity index (χ3v) is 1.17. The van der Waals surface area contributed by atoms with Gasteiger partial charge in [-0.05, 0) is 25.1 Å². The van der Waals surface area contributed by atoms with Gasteiger partial charge in [-0.15, -0.1) is 0 Å². The summed E-state index contributed by atoms with van der Waals surface area (Å²) in [4.78, 5) is 10.3. The first kappa shape index (κ1) is 7.60. The fourth-order valence-corrected chi connectivity index (χ4v) is 0.722. The van der Waals surface area contributed by atoms with E-state index in [1.165, 1.54) is 6.07 Å². The zero-order valence-corrected chi connectivity index (χ0v) is 6.07. The van der Waals surface area contributed by atoms with Crippen molar-refractivity contribution in [2.75, 3.05) is 0 Å². The van der Waals surface area contributed by atoms with E-state index >= 15 is 0 Å². The fourth-order valence-electron chi connectivity index (χ4n) is 0.722. The van der Waals surface area contributed by atoms with Gasteiger partial charge in [0.05, 0.1) is 0 Å². The number of hydrogen-bond donors (Lipinski definition) is 1. The molecule has 0 amide bonds. The van der Waals surface area contributed by atoms with Crippen LogP contribution < -0.4 is 0 Å². The van der Waals surface area contributed by atoms with Gasteiger partial charge in [-0.25, -0.2) is 4.79 Å². The molecule has 0 unspecified atom stereocenters. The van der Waals surface area contributed by atoms with Crippen LogP contribution in [0, 0.1) is 0 Å². The van der Waals surface area contributed by atoms with Crippen LogP contribution in [0.4, 0.5) is 0 Å². The van der Waals surface area contributed by atoms with Crippen LogP contribution in [0.5, 0.6) is 0 Å². The average molecular weight is 152 g/mol. The second kappa shape index (κ2) is 3.05. The molecule has 0 spiro atoms. The van der Waals surface area contributed by atoms with Gasteiger partial charge < -0.3 is 9.52 Å². The Bertz CT molecular complexity index is 283. The van der Waals surface area contributed by atoms with E-state index in [1.807, 2.05) is 6.92 Å². The van der Waals surface area contributed by atoms with E-state index in [0.29, 0.717) is 5.76 Å². The summed E-state index contributed by atoms with van der Waals surface area (Å²) < 4.78 is 4.90. The Morgan fingerprint density at radius 3 is 2.82 bits per heavy atom. The van der Waals surface area contributed by atoms with Crippen LogP contribution in [-0.2, 0) is 0 Å². The number of allylic oxidation sites excluding steroid dienone is 1. The van der Waals surface area contributed by atoms with E-state index in [4.69, 9.17) is 9.52 Å². The van der Waals surface area contributed by atoms with Crippen molar-refractivity contribution in [3.8, 4) is 0 Å². The Balaban J connectivity index is 2.90. The van der Waals surface area contributed by atoms with Gasteiger partial charge in [0.25, 0.3) is 0 Å². The van der Waals surface area contributed by atoms with Gasteiger partial charge >= 0.3 is 5.97 Å². The molecular formula is C8H8O3. The van der Waals surface area contributed by atoms with Gasteiger partial charge in [-0.1, -0.05) is 6.08 Å². The molecule has 1 N–H and O–H groups in total. The van der Waals surface area contributed by atoms with Crippen molar-refractivity contribution < 1.29 is 14.3 Å². The van der Waals surface area contributed by atoms with Crippen molar-refractivity contribution in [1.29, 1.82) is 0 Å². The number of aromatic carboxylic acids is 1. The summed E-state index contributed by atoms with van der Waals surface area (Å²) in [7, 11) is 0. The molecule has 3 heteroatoms. The van der Waals surface area contributed by atoms with E-state index in [9.17, 15) is 4.79 Å². The molecule has 0 aliphatic rings. The number of furan rings is 1. The lowest BCUT2D eigenvalue weighted by Gasteiger charge is -1.84. The molecule has 1 aromatic rings. The molecular weight excluding hydrogens is 144 g/mol. The van der Waals surface area contributed by atoms with Gasteiger partial charge in [-0.2, -0.15) is 0 Å². The summed E-state index contributed by atoms with van der Waals surface area (Å²) in [5.74, 6) is -0.510. The van der Waals surface area contributed by atoms with Gasteiger partial charge in [-0.3, -0.25) is 0 Å². The van der Waals surface area contributed by atoms with E-state index in [0.717, 1.165) is 0 Å². The van der Waals surface area contributed by atoms with Crippen molar-refractivity contribution >= 4 is 12.0 Å². The topological polar surface area (TPSA) is 50.4 Å². The SMILES string of the molecule is CC=Cc1ccc(C(=O)O)o1. The van der Waals surface area contributed by atoms with E-state index in [-0.39, 0.29) is 5.76 Å². The van der Waals surface area contributed by atoms with Crippen LogP contribution in [0.1, 0.15) is 23.2 Å². The van der Waals surface area contributed by atoms with Crippen molar-refractivity contribution in [1.82, 2.24) is 0 Å². The van der Waals surface area contributed by atoms with Gasteiger partial charge in [0, 0.05) is 0 Å². The van der Waals surface area contributed by atoms with Crippen LogP contribution in [0.25, 0.3) is 6.08 Å². The van der Waals surface area contributed by atoms with Gasteiger partial charge in [0.15, 0.2) is 0 Å². The largest absolute Gasteiger partial charge is 0.475 e. The number of carboxylic acid groups (broad SMARTS) is 1. The minimum Gasteiger partial charge on any atom is -0.475 e. The Hall–Kier alpha value is -1.51. The van der Waals surface area contributed by atoms with Crippen molar-refractivity contribution in [3.63, 3.8) is 0 Å². The highest BCUT2D eigenvalue weighted by Gasteiger charge is 2.05. The first-order valence-corrected chi connectivity index (χ1v) is 3.20. The highest BCUT2D eigenvalue weighted by molar-refractivity contribution is 5.84. The van der Waals surface area contributed by atoms with Crippen molar-refractivity contribution in [2.24, 2.45) is 0 Å². The van der Waals surface area contributed by atoms with Crippen molar-refractivity contribution in [3.05, 3.63) is 29.7 Å². The standard InChI is InChI=1S/C8H8O3/c1-2-3-6-4-5-7(11-6)8(9)10/h2-5H,1H3,(H,9,10). The lowest BCUT2D eigenvalue weighted by Crippen LogP contribution is -1.91. The second-order valence-corrected chi connectivity index (χ2v) is 2.01. The first-order chi connectivity index (χ1) is 5.24. The molecule has 0 saturated heterocycles. The lowest BCUT2D eigenvalue weighted by molar-refractivity contribution is 0.0662. The number of carbonyl (C=O) groups is 1. The minimum atomic E-state index is -1.04. The summed E-state index contributed by atoms with van der Waals surface area (Å²) in [6, 6.07) is 3.04. The Morgan fingerprint density at radius 2 is 2.36 bits per heavy atom. The average Bonchev–Trinajstić information content (AvgIpc) is 2.37. The number of hydrogen-bond acceptors (Lipinski definition) is 2. The summed E-state index contributed by atoms with van der Waals surface area (Å²) in [5, 5.41) is 8.45. The molecule has 0 atom stereocenters. The lowest BCUT2D eigenvalue weighted by atomic mass is 10.4. The summed E-state index contributed by atoms with van der Waals surface area (Å²) in [6.07, 6.45) is 3.48. The van der Waals surface area contributed by atoms with E-state index in [2.05, 4.69) is 0 Å². The second-order valence-electron chi connectivity index (χ2n) is 2.01. The maximum absolute atomic E-state index is 10.3.